The molecule has 4 nitrogen and oxygen atoms in total. The molecule has 1 aliphatic rings. The molecule has 21 heavy (non-hydrogen) atoms. The van der Waals surface area contributed by atoms with E-state index in [0.29, 0.717) is 18.7 Å². The van der Waals surface area contributed by atoms with E-state index in [0.717, 1.165) is 30.4 Å². The molecule has 1 aliphatic heterocycles. The summed E-state index contributed by atoms with van der Waals surface area (Å²) in [4.78, 5) is 5.84. The average molecular weight is 352 g/mol. The Morgan fingerprint density at radius 2 is 2.33 bits per heavy atom. The third kappa shape index (κ3) is 3.16. The van der Waals surface area contributed by atoms with Crippen LogP contribution in [0, 0.1) is 0 Å². The number of nitrogens with two attached hydrogens (primary N) is 1. The summed E-state index contributed by atoms with van der Waals surface area (Å²) in [6.07, 6.45) is 4.58. The van der Waals surface area contributed by atoms with Crippen LogP contribution < -0.4 is 5.73 Å². The number of benzene rings is 1. The Hall–Kier alpha value is -0.880. The molecule has 1 aromatic carbocycles. The number of halogens is 1. The van der Waals surface area contributed by atoms with Crippen LogP contribution in [0.4, 0.5) is 0 Å². The first-order valence-corrected chi connectivity index (χ1v) is 8.23. The topological polar surface area (TPSA) is 54.3 Å². The Kier molecular flexibility index (Phi) is 4.64. The first kappa shape index (κ1) is 15.0. The van der Waals surface area contributed by atoms with Gasteiger partial charge in [-0.05, 0) is 36.6 Å². The van der Waals surface area contributed by atoms with Crippen LogP contribution in [0.2, 0.25) is 0 Å². The summed E-state index contributed by atoms with van der Waals surface area (Å²) < 4.78 is 6.61. The highest BCUT2D eigenvalue weighted by Gasteiger charge is 2.27. The lowest BCUT2D eigenvalue weighted by molar-refractivity contribution is 0.0104. The van der Waals surface area contributed by atoms with Gasteiger partial charge in [0.15, 0.2) is 0 Å². The lowest BCUT2D eigenvalue weighted by Gasteiger charge is -2.38. The van der Waals surface area contributed by atoms with E-state index in [9.17, 15) is 0 Å². The highest BCUT2D eigenvalue weighted by molar-refractivity contribution is 9.10. The van der Waals surface area contributed by atoms with Gasteiger partial charge in [-0.1, -0.05) is 15.9 Å². The second kappa shape index (κ2) is 6.48. The van der Waals surface area contributed by atoms with Crippen LogP contribution in [-0.4, -0.2) is 42.2 Å². The van der Waals surface area contributed by atoms with E-state index < -0.39 is 0 Å². The Balaban J connectivity index is 1.79. The average Bonchev–Trinajstić information content (AvgIpc) is 2.90. The Bertz CT molecular complexity index is 613. The van der Waals surface area contributed by atoms with Crippen molar-refractivity contribution in [1.82, 2.24) is 9.88 Å². The van der Waals surface area contributed by atoms with Crippen LogP contribution in [0.15, 0.2) is 28.9 Å². The number of piperidine rings is 1. The van der Waals surface area contributed by atoms with Crippen LogP contribution >= 0.6 is 15.9 Å². The molecule has 1 saturated heterocycles. The summed E-state index contributed by atoms with van der Waals surface area (Å²) in [6.45, 7) is 2.67. The van der Waals surface area contributed by atoms with E-state index in [1.165, 1.54) is 16.5 Å². The minimum atomic E-state index is 0.354. The smallest absolute Gasteiger partial charge is 0.0599 e. The summed E-state index contributed by atoms with van der Waals surface area (Å²) >= 11 is 3.56. The summed E-state index contributed by atoms with van der Waals surface area (Å²) in [6, 6.07) is 6.76. The molecular weight excluding hydrogens is 330 g/mol. The minimum Gasteiger partial charge on any atom is -0.381 e. The zero-order valence-corrected chi connectivity index (χ0v) is 13.9. The van der Waals surface area contributed by atoms with E-state index in [1.54, 1.807) is 7.11 Å². The fourth-order valence-corrected chi connectivity index (χ4v) is 3.59. The van der Waals surface area contributed by atoms with Crippen molar-refractivity contribution in [1.29, 1.82) is 0 Å². The molecule has 114 valence electrons. The lowest BCUT2D eigenvalue weighted by atomic mass is 9.98. The van der Waals surface area contributed by atoms with Gasteiger partial charge >= 0.3 is 0 Å². The van der Waals surface area contributed by atoms with Crippen molar-refractivity contribution in [2.45, 2.75) is 31.5 Å². The summed E-state index contributed by atoms with van der Waals surface area (Å²) in [7, 11) is 1.80. The molecule has 1 fully saturated rings. The third-order valence-corrected chi connectivity index (χ3v) is 4.99. The number of hydrogen-bond donors (Lipinski definition) is 2. The van der Waals surface area contributed by atoms with Crippen LogP contribution in [0.5, 0.6) is 0 Å². The second-order valence-electron chi connectivity index (χ2n) is 5.75. The van der Waals surface area contributed by atoms with E-state index in [2.05, 4.69) is 50.2 Å². The molecule has 3 N–H and O–H groups in total. The number of aromatic amines is 1. The van der Waals surface area contributed by atoms with Crippen molar-refractivity contribution in [3.63, 3.8) is 0 Å². The van der Waals surface area contributed by atoms with Crippen molar-refractivity contribution in [3.8, 4) is 0 Å². The zero-order chi connectivity index (χ0) is 14.8. The monoisotopic (exact) mass is 351 g/mol. The zero-order valence-electron chi connectivity index (χ0n) is 12.3. The quantitative estimate of drug-likeness (QED) is 0.890. The first-order valence-electron chi connectivity index (χ1n) is 7.43. The molecule has 0 saturated carbocycles. The molecule has 2 heterocycles. The predicted molar refractivity (Wildman–Crippen MR) is 89.3 cm³/mol. The standard InChI is InChI=1S/C16H22BrN3O/c1-21-14-4-5-20(13(7-14)8-18)10-11-9-19-16-3-2-12(17)6-15(11)16/h2-3,6,9,13-14,19H,4-5,7-8,10,18H2,1H3. The Labute approximate surface area is 133 Å². The van der Waals surface area contributed by atoms with Crippen molar-refractivity contribution in [3.05, 3.63) is 34.4 Å². The molecule has 0 radical (unpaired) electrons. The number of H-pyrrole nitrogens is 1. The number of nitrogens with zero attached hydrogens (tertiary/aromatic N) is 1. The molecular formula is C16H22BrN3O. The highest BCUT2D eigenvalue weighted by Crippen LogP contribution is 2.26. The first-order chi connectivity index (χ1) is 10.2. The van der Waals surface area contributed by atoms with Gasteiger partial charge in [0.2, 0.25) is 0 Å². The highest BCUT2D eigenvalue weighted by atomic mass is 79.9. The van der Waals surface area contributed by atoms with Crippen molar-refractivity contribution < 1.29 is 4.74 Å². The van der Waals surface area contributed by atoms with Gasteiger partial charge in [-0.15, -0.1) is 0 Å². The van der Waals surface area contributed by atoms with Gasteiger partial charge in [-0.25, -0.2) is 0 Å². The lowest BCUT2D eigenvalue weighted by Crippen LogP contribution is -2.47. The van der Waals surface area contributed by atoms with Crippen molar-refractivity contribution >= 4 is 26.8 Å². The third-order valence-electron chi connectivity index (χ3n) is 4.50. The molecule has 0 aliphatic carbocycles. The molecule has 2 atom stereocenters. The Morgan fingerprint density at radius 1 is 1.48 bits per heavy atom. The summed E-state index contributed by atoms with van der Waals surface area (Å²) in [5.74, 6) is 0. The number of methoxy groups -OCH3 is 1. The van der Waals surface area contributed by atoms with E-state index in [4.69, 9.17) is 10.5 Å². The fourth-order valence-electron chi connectivity index (χ4n) is 3.23. The molecule has 2 aromatic rings. The molecule has 0 bridgehead atoms. The number of aromatic nitrogens is 1. The van der Waals surface area contributed by atoms with E-state index >= 15 is 0 Å². The van der Waals surface area contributed by atoms with Gasteiger partial charge < -0.3 is 15.5 Å². The normalized spacial score (nSPS) is 23.8. The van der Waals surface area contributed by atoms with Gasteiger partial charge in [0.05, 0.1) is 6.10 Å². The second-order valence-corrected chi connectivity index (χ2v) is 6.66. The molecule has 1 aromatic heterocycles. The SMILES string of the molecule is COC1CCN(Cc2c[nH]c3ccc(Br)cc23)C(CN)C1. The number of rotatable bonds is 4. The van der Waals surface area contributed by atoms with E-state index in [1.807, 2.05) is 0 Å². The van der Waals surface area contributed by atoms with Gasteiger partial charge in [-0.3, -0.25) is 4.90 Å². The van der Waals surface area contributed by atoms with Gasteiger partial charge in [0.1, 0.15) is 0 Å². The summed E-state index contributed by atoms with van der Waals surface area (Å²) in [5, 5.41) is 1.29. The van der Waals surface area contributed by atoms with E-state index in [-0.39, 0.29) is 0 Å². The van der Waals surface area contributed by atoms with Crippen LogP contribution in [-0.2, 0) is 11.3 Å². The molecule has 5 heteroatoms. The molecule has 0 amide bonds. The number of likely N-dealkylation sites (tertiary alicyclic amines) is 1. The van der Waals surface area contributed by atoms with Gasteiger partial charge in [0, 0.05) is 54.4 Å². The minimum absolute atomic E-state index is 0.354. The molecule has 3 rings (SSSR count). The fraction of sp³-hybridized carbons (Fsp3) is 0.500. The Morgan fingerprint density at radius 3 is 3.10 bits per heavy atom. The van der Waals surface area contributed by atoms with Crippen molar-refractivity contribution in [2.24, 2.45) is 5.73 Å². The molecule has 0 spiro atoms. The van der Waals surface area contributed by atoms with Crippen molar-refractivity contribution in [2.75, 3.05) is 20.2 Å². The van der Waals surface area contributed by atoms with Crippen LogP contribution in [0.1, 0.15) is 18.4 Å². The largest absolute Gasteiger partial charge is 0.381 e. The van der Waals surface area contributed by atoms with Crippen LogP contribution in [0.25, 0.3) is 10.9 Å². The van der Waals surface area contributed by atoms with Crippen LogP contribution in [0.3, 0.4) is 0 Å². The maximum Gasteiger partial charge on any atom is 0.0599 e. The number of nitrogens with one attached hydrogen (secondary N) is 1. The number of ether oxygens (including phenoxy) is 1. The molecule has 2 unspecified atom stereocenters. The maximum absolute atomic E-state index is 5.96. The predicted octanol–water partition coefficient (Wildman–Crippen LogP) is 2.87. The summed E-state index contributed by atoms with van der Waals surface area (Å²) in [5.41, 5.74) is 8.48. The van der Waals surface area contributed by atoms with Gasteiger partial charge in [-0.2, -0.15) is 0 Å². The number of hydrogen-bond acceptors (Lipinski definition) is 3. The van der Waals surface area contributed by atoms with Gasteiger partial charge in [0.25, 0.3) is 0 Å². The maximum atomic E-state index is 5.96. The number of fused-ring (bicyclic) bond motifs is 1.